The van der Waals surface area contributed by atoms with Crippen LogP contribution in [0.4, 0.5) is 0 Å². The van der Waals surface area contributed by atoms with E-state index < -0.39 is 5.54 Å². The van der Waals surface area contributed by atoms with Gasteiger partial charge in [-0.25, -0.2) is 0 Å². The van der Waals surface area contributed by atoms with Crippen LogP contribution in [0.25, 0.3) is 22.0 Å². The molecule has 3 fully saturated rings. The van der Waals surface area contributed by atoms with Gasteiger partial charge in [0.15, 0.2) is 0 Å². The molecule has 0 N–H and O–H groups in total. The van der Waals surface area contributed by atoms with Gasteiger partial charge in [-0.15, -0.1) is 0 Å². The summed E-state index contributed by atoms with van der Waals surface area (Å²) in [5.74, 6) is 1.75. The maximum absolute atomic E-state index is 13.3. The van der Waals surface area contributed by atoms with Gasteiger partial charge in [0.1, 0.15) is 11.4 Å². The van der Waals surface area contributed by atoms with E-state index in [1.165, 1.54) is 0 Å². The second kappa shape index (κ2) is 8.27. The predicted octanol–water partition coefficient (Wildman–Crippen LogP) is 3.61. The second-order valence-corrected chi connectivity index (χ2v) is 10.9. The van der Waals surface area contributed by atoms with Crippen LogP contribution in [-0.4, -0.2) is 62.4 Å². The highest BCUT2D eigenvalue weighted by atomic mass is 16.2. The Bertz CT molecular complexity index is 1480. The minimum absolute atomic E-state index is 0.123. The van der Waals surface area contributed by atoms with Crippen molar-refractivity contribution in [1.29, 1.82) is 5.26 Å². The lowest BCUT2D eigenvalue weighted by atomic mass is 9.97. The first-order valence-corrected chi connectivity index (χ1v) is 13.2. The third-order valence-corrected chi connectivity index (χ3v) is 8.06. The molecule has 0 unspecified atom stereocenters. The first-order chi connectivity index (χ1) is 18.0. The van der Waals surface area contributed by atoms with Crippen molar-refractivity contribution in [3.63, 3.8) is 0 Å². The number of aryl methyl sites for hydroxylation is 1. The molecule has 3 aromatic rings. The average Bonchev–Trinajstić information content (AvgIpc) is 3.81. The van der Waals surface area contributed by atoms with Crippen molar-refractivity contribution in [2.45, 2.75) is 44.2 Å². The van der Waals surface area contributed by atoms with Crippen LogP contribution in [0.1, 0.15) is 37.7 Å². The van der Waals surface area contributed by atoms with Crippen molar-refractivity contribution >= 4 is 28.6 Å². The summed E-state index contributed by atoms with van der Waals surface area (Å²) >= 11 is 0. The molecule has 1 saturated heterocycles. The Balaban J connectivity index is 1.09. The zero-order valence-corrected chi connectivity index (χ0v) is 20.6. The Kier molecular flexibility index (Phi) is 4.97. The fourth-order valence-corrected chi connectivity index (χ4v) is 5.55. The molecular formula is C29H28N6O2. The molecule has 0 radical (unpaired) electrons. The summed E-state index contributed by atoms with van der Waals surface area (Å²) < 4.78 is 1.82. The second-order valence-electron chi connectivity index (χ2n) is 10.9. The number of nitrogens with zero attached hydrogens (tertiary/aromatic N) is 6. The molecule has 37 heavy (non-hydrogen) atoms. The monoisotopic (exact) mass is 492 g/mol. The summed E-state index contributed by atoms with van der Waals surface area (Å²) in [6.07, 6.45) is 6.12. The highest BCUT2D eigenvalue weighted by Crippen LogP contribution is 2.46. The van der Waals surface area contributed by atoms with E-state index in [-0.39, 0.29) is 11.8 Å². The lowest BCUT2D eigenvalue weighted by Crippen LogP contribution is -2.55. The first kappa shape index (κ1) is 22.2. The van der Waals surface area contributed by atoms with Gasteiger partial charge in [-0.3, -0.25) is 24.2 Å². The van der Waals surface area contributed by atoms with Crippen LogP contribution in [0, 0.1) is 23.2 Å². The van der Waals surface area contributed by atoms with E-state index in [4.69, 9.17) is 10.3 Å². The van der Waals surface area contributed by atoms with Gasteiger partial charge in [-0.1, -0.05) is 30.3 Å². The molecule has 0 atom stereocenters. The third kappa shape index (κ3) is 3.90. The average molecular weight is 493 g/mol. The lowest BCUT2D eigenvalue weighted by Gasteiger charge is -2.41. The Morgan fingerprint density at radius 2 is 1.78 bits per heavy atom. The van der Waals surface area contributed by atoms with Gasteiger partial charge in [-0.05, 0) is 48.9 Å². The number of carbonyl (C=O) groups is 2. The number of rotatable bonds is 7. The van der Waals surface area contributed by atoms with Crippen molar-refractivity contribution < 1.29 is 9.59 Å². The number of benzene rings is 2. The smallest absolute Gasteiger partial charge is 0.256 e. The quantitative estimate of drug-likeness (QED) is 0.504. The topological polar surface area (TPSA) is 94.6 Å². The molecule has 2 aliphatic heterocycles. The summed E-state index contributed by atoms with van der Waals surface area (Å²) in [6, 6.07) is 16.6. The first-order valence-electron chi connectivity index (χ1n) is 13.2. The fourth-order valence-electron chi connectivity index (χ4n) is 5.55. The van der Waals surface area contributed by atoms with Gasteiger partial charge < -0.3 is 4.90 Å². The van der Waals surface area contributed by atoms with Crippen molar-refractivity contribution in [3.05, 3.63) is 54.2 Å². The number of hydrogen-bond acceptors (Lipinski definition) is 5. The van der Waals surface area contributed by atoms with Gasteiger partial charge in [-0.2, -0.15) is 10.4 Å². The van der Waals surface area contributed by atoms with Crippen molar-refractivity contribution in [3.8, 4) is 17.2 Å². The molecule has 2 saturated carbocycles. The molecule has 0 bridgehead atoms. The van der Waals surface area contributed by atoms with Crippen molar-refractivity contribution in [1.82, 2.24) is 19.6 Å². The summed E-state index contributed by atoms with van der Waals surface area (Å²) in [7, 11) is 0. The Morgan fingerprint density at radius 1 is 1.05 bits per heavy atom. The zero-order chi connectivity index (χ0) is 25.1. The van der Waals surface area contributed by atoms with E-state index in [1.807, 2.05) is 26.7 Å². The minimum atomic E-state index is -0.544. The maximum atomic E-state index is 13.3. The number of likely N-dealkylation sites (tertiary alicyclic amines) is 1. The molecule has 2 aromatic carbocycles. The van der Waals surface area contributed by atoms with Crippen molar-refractivity contribution in [2.75, 3.05) is 19.6 Å². The number of amides is 2. The molecule has 7 rings (SSSR count). The number of nitriles is 1. The molecular weight excluding hydrogens is 464 g/mol. The van der Waals surface area contributed by atoms with E-state index >= 15 is 0 Å². The number of amidine groups is 1. The van der Waals surface area contributed by atoms with Crippen LogP contribution in [-0.2, 0) is 16.1 Å². The van der Waals surface area contributed by atoms with E-state index in [9.17, 15) is 9.59 Å². The fraction of sp³-hybridized carbons (Fsp3) is 0.414. The van der Waals surface area contributed by atoms with E-state index in [0.717, 1.165) is 72.2 Å². The largest absolute Gasteiger partial charge is 0.342 e. The molecule has 2 aliphatic carbocycles. The van der Waals surface area contributed by atoms with Gasteiger partial charge in [0.25, 0.3) is 5.91 Å². The molecule has 2 amide bonds. The number of hydrogen-bond donors (Lipinski definition) is 0. The maximum Gasteiger partial charge on any atom is 0.256 e. The molecule has 1 spiro atoms. The summed E-state index contributed by atoms with van der Waals surface area (Å²) in [5.41, 5.74) is 3.50. The third-order valence-electron chi connectivity index (χ3n) is 8.06. The number of fused-ring (bicyclic) bond motifs is 1. The highest BCUT2D eigenvalue weighted by Gasteiger charge is 2.57. The number of aliphatic imine (C=N–C) groups is 1. The molecule has 8 nitrogen and oxygen atoms in total. The number of carbonyl (C=O) groups excluding carboxylic acids is 2. The molecule has 1 aromatic heterocycles. The summed E-state index contributed by atoms with van der Waals surface area (Å²) in [4.78, 5) is 34.3. The van der Waals surface area contributed by atoms with Crippen LogP contribution in [0.5, 0.6) is 0 Å². The standard InChI is InChI=1S/C29H28N6O2/c30-12-1-13-34-18-24-14-23(8-9-25(24)32-34)20-2-4-21(5-3-20)26-31-29(10-11-29)28(37)35(26)17-19-15-33(16-19)27(36)22-6-7-22/h2-5,8-9,14,18-19,22H,1,6-7,10-11,13,15-17H2. The molecule has 3 heterocycles. The minimum Gasteiger partial charge on any atom is -0.342 e. The molecule has 4 aliphatic rings. The predicted molar refractivity (Wildman–Crippen MR) is 138 cm³/mol. The van der Waals surface area contributed by atoms with Gasteiger partial charge in [0.2, 0.25) is 5.91 Å². The van der Waals surface area contributed by atoms with Crippen molar-refractivity contribution in [2.24, 2.45) is 16.8 Å². The van der Waals surface area contributed by atoms with Crippen LogP contribution in [0.3, 0.4) is 0 Å². The SMILES string of the molecule is N#CCCn1cc2cc(-c3ccc(C4=NC5(CC5)C(=O)N4CC4CN(C(=O)C5CC5)C4)cc3)ccc2n1. The van der Waals surface area contributed by atoms with Gasteiger partial charge in [0, 0.05) is 48.6 Å². The van der Waals surface area contributed by atoms with Crippen LogP contribution in [0.2, 0.25) is 0 Å². The molecule has 8 heteroatoms. The van der Waals surface area contributed by atoms with E-state index in [0.29, 0.717) is 31.3 Å². The Labute approximate surface area is 215 Å². The highest BCUT2D eigenvalue weighted by molar-refractivity contribution is 6.16. The van der Waals surface area contributed by atoms with E-state index in [2.05, 4.69) is 47.6 Å². The Morgan fingerprint density at radius 3 is 2.49 bits per heavy atom. The normalized spacial score (nSPS) is 20.3. The zero-order valence-electron chi connectivity index (χ0n) is 20.6. The Hall–Kier alpha value is -3.99. The number of aromatic nitrogens is 2. The van der Waals surface area contributed by atoms with E-state index in [1.54, 1.807) is 0 Å². The van der Waals surface area contributed by atoms with Crippen LogP contribution < -0.4 is 0 Å². The summed E-state index contributed by atoms with van der Waals surface area (Å²) in [6.45, 7) is 2.70. The molecule has 186 valence electrons. The lowest BCUT2D eigenvalue weighted by molar-refractivity contribution is -0.139. The van der Waals surface area contributed by atoms with Crippen LogP contribution in [0.15, 0.2) is 53.7 Å². The van der Waals surface area contributed by atoms with Gasteiger partial charge in [0.05, 0.1) is 24.6 Å². The van der Waals surface area contributed by atoms with Crippen LogP contribution >= 0.6 is 0 Å². The summed E-state index contributed by atoms with van der Waals surface area (Å²) in [5, 5.41) is 14.4. The van der Waals surface area contributed by atoms with Gasteiger partial charge >= 0.3 is 0 Å².